The number of amides is 1. The van der Waals surface area contributed by atoms with E-state index in [4.69, 9.17) is 4.74 Å². The predicted octanol–water partition coefficient (Wildman–Crippen LogP) is 1.36. The van der Waals surface area contributed by atoms with E-state index in [9.17, 15) is 14.7 Å². The molecule has 0 aliphatic heterocycles. The average Bonchev–Trinajstić information content (AvgIpc) is 2.89. The maximum atomic E-state index is 12.2. The molecule has 6 nitrogen and oxygen atoms in total. The summed E-state index contributed by atoms with van der Waals surface area (Å²) in [6, 6.07) is 2.54. The maximum Gasteiger partial charge on any atom is 0.326 e. The van der Waals surface area contributed by atoms with E-state index in [2.05, 4.69) is 5.32 Å². The van der Waals surface area contributed by atoms with Gasteiger partial charge in [-0.15, -0.1) is 0 Å². The fraction of sp³-hybridized carbons (Fsp3) is 0.571. The van der Waals surface area contributed by atoms with Gasteiger partial charge in [-0.2, -0.15) is 0 Å². The van der Waals surface area contributed by atoms with Gasteiger partial charge in [-0.1, -0.05) is 20.3 Å². The number of carboxylic acid groups (broad SMARTS) is 1. The molecule has 20 heavy (non-hydrogen) atoms. The van der Waals surface area contributed by atoms with E-state index in [1.165, 1.54) is 0 Å². The first-order chi connectivity index (χ1) is 9.51. The summed E-state index contributed by atoms with van der Waals surface area (Å²) in [4.78, 5) is 23.4. The molecule has 0 fully saturated rings. The number of carbonyl (C=O) groups excluding carboxylic acids is 1. The van der Waals surface area contributed by atoms with Crippen LogP contribution in [0.1, 0.15) is 30.8 Å². The van der Waals surface area contributed by atoms with Crippen molar-refractivity contribution >= 4 is 11.9 Å². The molecular weight excluding hydrogens is 260 g/mol. The van der Waals surface area contributed by atoms with E-state index in [1.54, 1.807) is 30.0 Å². The maximum absolute atomic E-state index is 12.2. The lowest BCUT2D eigenvalue weighted by Gasteiger charge is -2.20. The number of carbonyl (C=O) groups is 2. The van der Waals surface area contributed by atoms with Crippen LogP contribution in [0.25, 0.3) is 0 Å². The molecular formula is C14H22N2O4. The zero-order valence-corrected chi connectivity index (χ0v) is 12.1. The third-order valence-electron chi connectivity index (χ3n) is 3.36. The summed E-state index contributed by atoms with van der Waals surface area (Å²) in [5.41, 5.74) is 0.441. The van der Waals surface area contributed by atoms with Gasteiger partial charge >= 0.3 is 5.97 Å². The van der Waals surface area contributed by atoms with Crippen LogP contribution in [0.2, 0.25) is 0 Å². The Labute approximate surface area is 118 Å². The summed E-state index contributed by atoms with van der Waals surface area (Å²) in [6.45, 7) is 4.74. The average molecular weight is 282 g/mol. The molecule has 1 aromatic heterocycles. The molecule has 1 aromatic rings. The second-order valence-electron chi connectivity index (χ2n) is 4.75. The van der Waals surface area contributed by atoms with Crippen molar-refractivity contribution in [3.05, 3.63) is 24.0 Å². The third-order valence-corrected chi connectivity index (χ3v) is 3.36. The molecule has 0 saturated carbocycles. The number of nitrogens with zero attached hydrogens (tertiary/aromatic N) is 1. The standard InChI is InChI=1S/C14H22N2O4/c1-4-10(2)12(14(18)19)15-13(17)11-6-5-7-16(11)8-9-20-3/h5-7,10,12H,4,8-9H2,1-3H3,(H,15,17)(H,18,19). The lowest BCUT2D eigenvalue weighted by Crippen LogP contribution is -2.45. The molecule has 6 heteroatoms. The van der Waals surface area contributed by atoms with Crippen LogP contribution in [0.4, 0.5) is 0 Å². The molecule has 0 bridgehead atoms. The SMILES string of the molecule is CCC(C)C(NC(=O)c1cccn1CCOC)C(=O)O. The van der Waals surface area contributed by atoms with Crippen LogP contribution in [0.5, 0.6) is 0 Å². The van der Waals surface area contributed by atoms with Gasteiger partial charge in [-0.05, 0) is 18.1 Å². The molecule has 0 radical (unpaired) electrons. The topological polar surface area (TPSA) is 80.6 Å². The van der Waals surface area contributed by atoms with Gasteiger partial charge in [-0.3, -0.25) is 4.79 Å². The second-order valence-corrected chi connectivity index (χ2v) is 4.75. The van der Waals surface area contributed by atoms with E-state index in [0.717, 1.165) is 0 Å². The predicted molar refractivity (Wildman–Crippen MR) is 74.7 cm³/mol. The Kier molecular flexibility index (Phi) is 6.24. The summed E-state index contributed by atoms with van der Waals surface area (Å²) in [5.74, 6) is -1.51. The number of rotatable bonds is 8. The normalized spacial score (nSPS) is 13.8. The zero-order valence-electron chi connectivity index (χ0n) is 12.1. The minimum atomic E-state index is -1.01. The van der Waals surface area contributed by atoms with Crippen LogP contribution in [0.3, 0.4) is 0 Å². The Morgan fingerprint density at radius 2 is 2.20 bits per heavy atom. The van der Waals surface area contributed by atoms with Gasteiger partial charge < -0.3 is 19.7 Å². The van der Waals surface area contributed by atoms with Crippen molar-refractivity contribution in [1.29, 1.82) is 0 Å². The van der Waals surface area contributed by atoms with E-state index < -0.39 is 12.0 Å². The van der Waals surface area contributed by atoms with Crippen molar-refractivity contribution in [3.63, 3.8) is 0 Å². The number of ether oxygens (including phenoxy) is 1. The van der Waals surface area contributed by atoms with Crippen molar-refractivity contribution in [2.24, 2.45) is 5.92 Å². The van der Waals surface area contributed by atoms with Gasteiger partial charge in [0.05, 0.1) is 6.61 Å². The van der Waals surface area contributed by atoms with E-state index in [-0.39, 0.29) is 11.8 Å². The molecule has 1 rings (SSSR count). The highest BCUT2D eigenvalue weighted by molar-refractivity contribution is 5.95. The summed E-state index contributed by atoms with van der Waals surface area (Å²) in [5, 5.41) is 11.8. The summed E-state index contributed by atoms with van der Waals surface area (Å²) < 4.78 is 6.72. The highest BCUT2D eigenvalue weighted by Crippen LogP contribution is 2.10. The lowest BCUT2D eigenvalue weighted by atomic mass is 9.99. The van der Waals surface area contributed by atoms with Crippen molar-refractivity contribution in [1.82, 2.24) is 9.88 Å². The fourth-order valence-electron chi connectivity index (χ4n) is 1.90. The molecule has 2 unspecified atom stereocenters. The molecule has 0 aromatic carbocycles. The Morgan fingerprint density at radius 3 is 2.75 bits per heavy atom. The first-order valence-corrected chi connectivity index (χ1v) is 6.69. The zero-order chi connectivity index (χ0) is 15.1. The van der Waals surface area contributed by atoms with E-state index in [0.29, 0.717) is 25.3 Å². The molecule has 1 heterocycles. The number of hydrogen-bond acceptors (Lipinski definition) is 3. The first-order valence-electron chi connectivity index (χ1n) is 6.69. The minimum Gasteiger partial charge on any atom is -0.480 e. The highest BCUT2D eigenvalue weighted by atomic mass is 16.5. The Balaban J connectivity index is 2.79. The lowest BCUT2D eigenvalue weighted by molar-refractivity contribution is -0.140. The van der Waals surface area contributed by atoms with E-state index in [1.807, 2.05) is 13.8 Å². The molecule has 2 N–H and O–H groups in total. The largest absolute Gasteiger partial charge is 0.480 e. The van der Waals surface area contributed by atoms with Crippen LogP contribution in [0.15, 0.2) is 18.3 Å². The van der Waals surface area contributed by atoms with Gasteiger partial charge in [0.1, 0.15) is 11.7 Å². The van der Waals surface area contributed by atoms with Crippen LogP contribution >= 0.6 is 0 Å². The summed E-state index contributed by atoms with van der Waals surface area (Å²) in [7, 11) is 1.59. The van der Waals surface area contributed by atoms with Crippen LogP contribution in [-0.2, 0) is 16.1 Å². The second kappa shape index (κ2) is 7.69. The molecule has 0 aliphatic carbocycles. The number of aromatic nitrogens is 1. The molecule has 0 spiro atoms. The van der Waals surface area contributed by atoms with Crippen molar-refractivity contribution in [3.8, 4) is 0 Å². The number of methoxy groups -OCH3 is 1. The molecule has 2 atom stereocenters. The number of aliphatic carboxylic acids is 1. The minimum absolute atomic E-state index is 0.126. The number of carboxylic acids is 1. The van der Waals surface area contributed by atoms with Gasteiger partial charge in [0.2, 0.25) is 0 Å². The fourth-order valence-corrected chi connectivity index (χ4v) is 1.90. The molecule has 1 amide bonds. The van der Waals surface area contributed by atoms with Crippen molar-refractivity contribution < 1.29 is 19.4 Å². The first kappa shape index (κ1) is 16.2. The van der Waals surface area contributed by atoms with Gasteiger partial charge in [0, 0.05) is 19.9 Å². The molecule has 112 valence electrons. The number of nitrogens with one attached hydrogen (secondary N) is 1. The Morgan fingerprint density at radius 1 is 1.50 bits per heavy atom. The van der Waals surface area contributed by atoms with Crippen LogP contribution in [-0.4, -0.2) is 41.3 Å². The smallest absolute Gasteiger partial charge is 0.326 e. The van der Waals surface area contributed by atoms with Crippen molar-refractivity contribution in [2.45, 2.75) is 32.9 Å². The van der Waals surface area contributed by atoms with Gasteiger partial charge in [0.15, 0.2) is 0 Å². The monoisotopic (exact) mass is 282 g/mol. The highest BCUT2D eigenvalue weighted by Gasteiger charge is 2.26. The Bertz CT molecular complexity index is 456. The summed E-state index contributed by atoms with van der Waals surface area (Å²) >= 11 is 0. The third kappa shape index (κ3) is 4.09. The van der Waals surface area contributed by atoms with Crippen LogP contribution in [0, 0.1) is 5.92 Å². The van der Waals surface area contributed by atoms with Gasteiger partial charge in [-0.25, -0.2) is 4.79 Å². The van der Waals surface area contributed by atoms with Gasteiger partial charge in [0.25, 0.3) is 5.91 Å². The van der Waals surface area contributed by atoms with E-state index >= 15 is 0 Å². The Hall–Kier alpha value is -1.82. The van der Waals surface area contributed by atoms with Crippen LogP contribution < -0.4 is 5.32 Å². The quantitative estimate of drug-likeness (QED) is 0.754. The molecule has 0 saturated heterocycles. The van der Waals surface area contributed by atoms with Crippen molar-refractivity contribution in [2.75, 3.05) is 13.7 Å². The molecule has 0 aliphatic rings. The summed E-state index contributed by atoms with van der Waals surface area (Å²) in [6.07, 6.45) is 2.45. The number of hydrogen-bond donors (Lipinski definition) is 2.